The molecule has 9 nitrogen and oxygen atoms in total. The molecule has 0 unspecified atom stereocenters. The lowest BCUT2D eigenvalue weighted by molar-refractivity contribution is -0.383. The van der Waals surface area contributed by atoms with Gasteiger partial charge in [-0.25, -0.2) is 13.1 Å². The lowest BCUT2D eigenvalue weighted by atomic mass is 10.4. The lowest BCUT2D eigenvalue weighted by Gasteiger charge is -2.02. The zero-order chi connectivity index (χ0) is 15.5. The van der Waals surface area contributed by atoms with Gasteiger partial charge in [0.25, 0.3) is 10.0 Å². The fourth-order valence-electron chi connectivity index (χ4n) is 1.47. The third kappa shape index (κ3) is 3.51. The van der Waals surface area contributed by atoms with E-state index in [1.165, 1.54) is 13.2 Å². The van der Waals surface area contributed by atoms with Crippen molar-refractivity contribution in [1.82, 2.24) is 14.9 Å². The number of nitrogens with zero attached hydrogens (tertiary/aromatic N) is 3. The molecule has 0 saturated carbocycles. The molecule has 0 amide bonds. The van der Waals surface area contributed by atoms with Crippen molar-refractivity contribution in [1.29, 1.82) is 0 Å². The Morgan fingerprint density at radius 2 is 2.24 bits per heavy atom. The Morgan fingerprint density at radius 1 is 1.48 bits per heavy atom. The minimum absolute atomic E-state index is 0.0449. The molecule has 0 radical (unpaired) electrons. The standard InChI is InChI=1S/C10H11N5O4S2/c1-11-10-8(15(16)17)5-9(20-10)21(18,19)13-6-7-3-2-4-12-14-7/h2-5,11,13H,6H2,1H3. The molecule has 2 aromatic rings. The van der Waals surface area contributed by atoms with E-state index in [1.807, 2.05) is 0 Å². The first-order valence-corrected chi connectivity index (χ1v) is 7.96. The normalized spacial score (nSPS) is 11.3. The molecule has 2 N–H and O–H groups in total. The summed E-state index contributed by atoms with van der Waals surface area (Å²) >= 11 is 0.791. The fourth-order valence-corrected chi connectivity index (χ4v) is 3.80. The van der Waals surface area contributed by atoms with E-state index in [0.717, 1.165) is 17.4 Å². The van der Waals surface area contributed by atoms with Crippen molar-refractivity contribution in [3.05, 3.63) is 40.2 Å². The number of anilines is 1. The first-order chi connectivity index (χ1) is 9.94. The van der Waals surface area contributed by atoms with E-state index in [1.54, 1.807) is 12.1 Å². The molecule has 2 rings (SSSR count). The number of hydrogen-bond donors (Lipinski definition) is 2. The highest BCUT2D eigenvalue weighted by atomic mass is 32.2. The summed E-state index contributed by atoms with van der Waals surface area (Å²) in [6, 6.07) is 4.27. The molecule has 2 aromatic heterocycles. The number of sulfonamides is 1. The van der Waals surface area contributed by atoms with Crippen LogP contribution < -0.4 is 10.0 Å². The molecular weight excluding hydrogens is 318 g/mol. The van der Waals surface area contributed by atoms with Crippen LogP contribution in [0.1, 0.15) is 5.69 Å². The van der Waals surface area contributed by atoms with E-state index in [9.17, 15) is 18.5 Å². The van der Waals surface area contributed by atoms with Gasteiger partial charge in [-0.05, 0) is 12.1 Å². The van der Waals surface area contributed by atoms with Gasteiger partial charge in [0.2, 0.25) is 0 Å². The topological polar surface area (TPSA) is 127 Å². The van der Waals surface area contributed by atoms with Crippen molar-refractivity contribution < 1.29 is 13.3 Å². The molecule has 21 heavy (non-hydrogen) atoms. The molecule has 112 valence electrons. The van der Waals surface area contributed by atoms with E-state index in [0.29, 0.717) is 5.69 Å². The van der Waals surface area contributed by atoms with Crippen molar-refractivity contribution in [2.24, 2.45) is 0 Å². The molecule has 0 saturated heterocycles. The molecule has 0 bridgehead atoms. The third-order valence-corrected chi connectivity index (χ3v) is 5.47. The van der Waals surface area contributed by atoms with Crippen LogP contribution in [-0.4, -0.2) is 30.6 Å². The van der Waals surface area contributed by atoms with Gasteiger partial charge in [0, 0.05) is 19.3 Å². The van der Waals surface area contributed by atoms with Crippen LogP contribution in [0, 0.1) is 10.1 Å². The zero-order valence-electron chi connectivity index (χ0n) is 10.8. The van der Waals surface area contributed by atoms with Gasteiger partial charge in [-0.3, -0.25) is 10.1 Å². The molecule has 0 aliphatic heterocycles. The number of nitrogens with one attached hydrogen (secondary N) is 2. The molecule has 0 spiro atoms. The van der Waals surface area contributed by atoms with Gasteiger partial charge in [-0.2, -0.15) is 10.2 Å². The van der Waals surface area contributed by atoms with E-state index >= 15 is 0 Å². The summed E-state index contributed by atoms with van der Waals surface area (Å²) in [7, 11) is -2.36. The molecule has 0 fully saturated rings. The van der Waals surface area contributed by atoms with Crippen molar-refractivity contribution in [2.75, 3.05) is 12.4 Å². The Morgan fingerprint density at radius 3 is 2.76 bits per heavy atom. The smallest absolute Gasteiger partial charge is 0.304 e. The molecule has 0 aliphatic carbocycles. The van der Waals surface area contributed by atoms with Crippen LogP contribution in [0.25, 0.3) is 0 Å². The van der Waals surface area contributed by atoms with E-state index in [4.69, 9.17) is 0 Å². The van der Waals surface area contributed by atoms with E-state index in [-0.39, 0.29) is 21.4 Å². The Labute approximate surface area is 124 Å². The molecule has 0 aliphatic rings. The van der Waals surface area contributed by atoms with Gasteiger partial charge in [0.1, 0.15) is 4.21 Å². The van der Waals surface area contributed by atoms with Gasteiger partial charge >= 0.3 is 5.69 Å². The monoisotopic (exact) mass is 329 g/mol. The predicted molar refractivity (Wildman–Crippen MR) is 76.6 cm³/mol. The number of nitro groups is 1. The number of hydrogen-bond acceptors (Lipinski definition) is 8. The summed E-state index contributed by atoms with van der Waals surface area (Å²) in [6.45, 7) is -0.0449. The van der Waals surface area contributed by atoms with Crippen molar-refractivity contribution >= 4 is 32.0 Å². The van der Waals surface area contributed by atoms with Gasteiger partial charge in [0.05, 0.1) is 17.2 Å². The Bertz CT molecular complexity index is 744. The number of aromatic nitrogens is 2. The second-order valence-electron chi connectivity index (χ2n) is 3.83. The summed E-state index contributed by atoms with van der Waals surface area (Å²) in [6.07, 6.45) is 1.47. The van der Waals surface area contributed by atoms with Crippen LogP contribution in [0.5, 0.6) is 0 Å². The summed E-state index contributed by atoms with van der Waals surface area (Å²) in [4.78, 5) is 10.2. The lowest BCUT2D eigenvalue weighted by Crippen LogP contribution is -2.23. The van der Waals surface area contributed by atoms with Crippen molar-refractivity contribution in [3.8, 4) is 0 Å². The van der Waals surface area contributed by atoms with Crippen molar-refractivity contribution in [3.63, 3.8) is 0 Å². The van der Waals surface area contributed by atoms with E-state index in [2.05, 4.69) is 20.2 Å². The maximum absolute atomic E-state index is 12.1. The van der Waals surface area contributed by atoms with Crippen molar-refractivity contribution in [2.45, 2.75) is 10.8 Å². The third-order valence-electron chi connectivity index (χ3n) is 2.45. The largest absolute Gasteiger partial charge is 0.374 e. The second-order valence-corrected chi connectivity index (χ2v) is 6.87. The van der Waals surface area contributed by atoms with Crippen LogP contribution in [0.15, 0.2) is 28.6 Å². The molecule has 2 heterocycles. The van der Waals surface area contributed by atoms with Crippen LogP contribution in [-0.2, 0) is 16.6 Å². The predicted octanol–water partition coefficient (Wildman–Crippen LogP) is 0.967. The Hall–Kier alpha value is -2.11. The number of thiophene rings is 1. The molecule has 11 heteroatoms. The molecule has 0 atom stereocenters. The van der Waals surface area contributed by atoms with Crippen LogP contribution in [0.2, 0.25) is 0 Å². The summed E-state index contributed by atoms with van der Waals surface area (Å²) in [5.74, 6) is 0. The number of rotatable bonds is 6. The minimum atomic E-state index is -3.85. The average Bonchev–Trinajstić information content (AvgIpc) is 2.92. The Kier molecular flexibility index (Phi) is 4.45. The first kappa shape index (κ1) is 15.3. The van der Waals surface area contributed by atoms with Gasteiger partial charge in [-0.1, -0.05) is 11.3 Å². The maximum Gasteiger partial charge on any atom is 0.304 e. The Balaban J connectivity index is 2.22. The van der Waals surface area contributed by atoms with Crippen LogP contribution in [0.4, 0.5) is 10.7 Å². The summed E-state index contributed by atoms with van der Waals surface area (Å²) in [5, 5.41) is 21.0. The van der Waals surface area contributed by atoms with Gasteiger partial charge in [0.15, 0.2) is 5.00 Å². The van der Waals surface area contributed by atoms with Gasteiger partial charge < -0.3 is 5.32 Å². The average molecular weight is 329 g/mol. The highest BCUT2D eigenvalue weighted by molar-refractivity contribution is 7.91. The molecular formula is C10H11N5O4S2. The minimum Gasteiger partial charge on any atom is -0.374 e. The summed E-state index contributed by atoms with van der Waals surface area (Å²) in [5.41, 5.74) is 0.170. The zero-order valence-corrected chi connectivity index (χ0v) is 12.4. The SMILES string of the molecule is CNc1sc(S(=O)(=O)NCc2cccnn2)cc1[N+](=O)[O-]. The highest BCUT2D eigenvalue weighted by Gasteiger charge is 2.25. The molecule has 0 aromatic carbocycles. The first-order valence-electron chi connectivity index (χ1n) is 5.66. The van der Waals surface area contributed by atoms with Crippen LogP contribution in [0.3, 0.4) is 0 Å². The maximum atomic E-state index is 12.1. The van der Waals surface area contributed by atoms with E-state index < -0.39 is 14.9 Å². The quantitative estimate of drug-likeness (QED) is 0.597. The fraction of sp³-hybridized carbons (Fsp3) is 0.200. The highest BCUT2D eigenvalue weighted by Crippen LogP contribution is 2.36. The van der Waals surface area contributed by atoms with Crippen LogP contribution >= 0.6 is 11.3 Å². The second kappa shape index (κ2) is 6.11. The summed E-state index contributed by atoms with van der Waals surface area (Å²) < 4.78 is 26.4. The van der Waals surface area contributed by atoms with Gasteiger partial charge in [-0.15, -0.1) is 0 Å².